The van der Waals surface area contributed by atoms with Crippen LogP contribution in [0.25, 0.3) is 33.4 Å². The summed E-state index contributed by atoms with van der Waals surface area (Å²) < 4.78 is 11.7. The summed E-state index contributed by atoms with van der Waals surface area (Å²) in [5, 5.41) is 7.40. The molecule has 6 heteroatoms. The maximum absolute atomic E-state index is 13.7. The third-order valence-electron chi connectivity index (χ3n) is 5.99. The third-order valence-corrected chi connectivity index (χ3v) is 5.99. The molecule has 0 saturated carbocycles. The van der Waals surface area contributed by atoms with Gasteiger partial charge in [0.1, 0.15) is 11.3 Å². The lowest BCUT2D eigenvalue weighted by Gasteiger charge is -2.20. The minimum Gasteiger partial charge on any atom is -0.462 e. The van der Waals surface area contributed by atoms with Crippen molar-refractivity contribution in [3.8, 4) is 22.5 Å². The lowest BCUT2D eigenvalue weighted by molar-refractivity contribution is 0.0527. The second kappa shape index (κ2) is 9.59. The smallest absolute Gasteiger partial charge is 0.338 e. The minimum atomic E-state index is -0.422. The van der Waals surface area contributed by atoms with Crippen molar-refractivity contribution in [3.05, 3.63) is 69.4 Å². The van der Waals surface area contributed by atoms with E-state index in [2.05, 4.69) is 10.6 Å². The van der Waals surface area contributed by atoms with Crippen molar-refractivity contribution < 1.29 is 13.9 Å². The predicted octanol–water partition coefficient (Wildman–Crippen LogP) is 6.22. The molecular weight excluding hydrogens is 428 g/mol. The number of hydrogen-bond donors (Lipinski definition) is 2. The molecule has 2 aromatic carbocycles. The standard InChI is InChI=1S/C28H30N2O4/c1-6-29-21-14-23-20(13-16(21)4)25(18-11-9-10-12-19(18)28(32)33-8-3)26-24(34-23)15-22(30-7-2)17(5)27(26)31/h9-15,29-30H,6-8H2,1-5H3. The zero-order valence-electron chi connectivity index (χ0n) is 20.3. The first kappa shape index (κ1) is 23.4. The lowest BCUT2D eigenvalue weighted by Crippen LogP contribution is -2.16. The number of hydrogen-bond acceptors (Lipinski definition) is 6. The van der Waals surface area contributed by atoms with E-state index in [1.165, 1.54) is 0 Å². The Morgan fingerprint density at radius 2 is 1.65 bits per heavy atom. The van der Waals surface area contributed by atoms with Gasteiger partial charge in [-0.15, -0.1) is 0 Å². The van der Waals surface area contributed by atoms with Crippen LogP contribution in [-0.4, -0.2) is 25.7 Å². The molecule has 0 unspecified atom stereocenters. The molecule has 0 radical (unpaired) electrons. The first-order valence-electron chi connectivity index (χ1n) is 11.7. The maximum Gasteiger partial charge on any atom is 0.338 e. The summed E-state index contributed by atoms with van der Waals surface area (Å²) in [6.07, 6.45) is 0. The molecule has 0 atom stereocenters. The van der Waals surface area contributed by atoms with Gasteiger partial charge in [0.2, 0.25) is 0 Å². The van der Waals surface area contributed by atoms with Crippen molar-refractivity contribution >= 4 is 28.3 Å². The molecule has 176 valence electrons. The van der Waals surface area contributed by atoms with E-state index >= 15 is 0 Å². The van der Waals surface area contributed by atoms with Crippen LogP contribution in [0.2, 0.25) is 0 Å². The first-order valence-corrected chi connectivity index (χ1v) is 11.7. The average molecular weight is 459 g/mol. The van der Waals surface area contributed by atoms with Crippen LogP contribution in [-0.2, 0) is 4.74 Å². The summed E-state index contributed by atoms with van der Waals surface area (Å²) in [5.41, 5.74) is 6.05. The summed E-state index contributed by atoms with van der Waals surface area (Å²) in [5.74, 6) is 0.0497. The summed E-state index contributed by atoms with van der Waals surface area (Å²) in [6, 6.07) is 13.1. The number of ether oxygens (including phenoxy) is 1. The number of anilines is 2. The monoisotopic (exact) mass is 458 g/mol. The summed E-state index contributed by atoms with van der Waals surface area (Å²) >= 11 is 0. The molecule has 0 bridgehead atoms. The largest absolute Gasteiger partial charge is 0.462 e. The molecule has 6 nitrogen and oxygen atoms in total. The average Bonchev–Trinajstić information content (AvgIpc) is 2.82. The topological polar surface area (TPSA) is 80.6 Å². The van der Waals surface area contributed by atoms with E-state index in [4.69, 9.17) is 9.15 Å². The number of fused-ring (bicyclic) bond motifs is 2. The summed E-state index contributed by atoms with van der Waals surface area (Å²) in [4.78, 5) is 26.6. The van der Waals surface area contributed by atoms with Gasteiger partial charge in [-0.25, -0.2) is 4.79 Å². The molecule has 34 heavy (non-hydrogen) atoms. The van der Waals surface area contributed by atoms with Crippen LogP contribution in [0.4, 0.5) is 11.4 Å². The van der Waals surface area contributed by atoms with E-state index in [0.29, 0.717) is 45.7 Å². The van der Waals surface area contributed by atoms with E-state index in [1.807, 2.05) is 58.0 Å². The van der Waals surface area contributed by atoms with Crippen molar-refractivity contribution in [1.82, 2.24) is 0 Å². The molecule has 0 fully saturated rings. The van der Waals surface area contributed by atoms with Gasteiger partial charge in [0, 0.05) is 53.1 Å². The van der Waals surface area contributed by atoms with Gasteiger partial charge in [0.05, 0.1) is 17.7 Å². The highest BCUT2D eigenvalue weighted by Crippen LogP contribution is 2.42. The van der Waals surface area contributed by atoms with Gasteiger partial charge in [-0.3, -0.25) is 4.79 Å². The molecule has 1 heterocycles. The zero-order chi connectivity index (χ0) is 24.4. The molecule has 0 saturated heterocycles. The molecular formula is C28H30N2O4. The highest BCUT2D eigenvalue weighted by Gasteiger charge is 2.26. The molecule has 0 amide bonds. The van der Waals surface area contributed by atoms with E-state index in [1.54, 1.807) is 19.1 Å². The van der Waals surface area contributed by atoms with Crippen LogP contribution < -0.4 is 16.1 Å². The van der Waals surface area contributed by atoms with E-state index < -0.39 is 5.97 Å². The van der Waals surface area contributed by atoms with Crippen LogP contribution in [0.1, 0.15) is 42.3 Å². The molecule has 2 aromatic rings. The van der Waals surface area contributed by atoms with Gasteiger partial charge in [-0.1, -0.05) is 18.2 Å². The molecule has 0 spiro atoms. The van der Waals surface area contributed by atoms with Crippen molar-refractivity contribution in [2.24, 2.45) is 0 Å². The van der Waals surface area contributed by atoms with Crippen LogP contribution in [0.5, 0.6) is 0 Å². The summed E-state index contributed by atoms with van der Waals surface area (Å²) in [6.45, 7) is 11.3. The van der Waals surface area contributed by atoms with Crippen molar-refractivity contribution in [1.29, 1.82) is 0 Å². The fraction of sp³-hybridized carbons (Fsp3) is 0.286. The van der Waals surface area contributed by atoms with Gasteiger partial charge >= 0.3 is 5.97 Å². The van der Waals surface area contributed by atoms with Gasteiger partial charge in [-0.2, -0.15) is 0 Å². The quantitative estimate of drug-likeness (QED) is 0.253. The van der Waals surface area contributed by atoms with Gasteiger partial charge in [-0.05, 0) is 57.9 Å². The van der Waals surface area contributed by atoms with Gasteiger partial charge in [0.15, 0.2) is 5.43 Å². The van der Waals surface area contributed by atoms with Crippen molar-refractivity contribution in [3.63, 3.8) is 0 Å². The number of rotatable bonds is 7. The Morgan fingerprint density at radius 1 is 0.941 bits per heavy atom. The van der Waals surface area contributed by atoms with E-state index in [0.717, 1.165) is 28.9 Å². The Hall–Kier alpha value is -3.80. The van der Waals surface area contributed by atoms with Gasteiger partial charge in [0.25, 0.3) is 0 Å². The zero-order valence-corrected chi connectivity index (χ0v) is 20.3. The minimum absolute atomic E-state index is 0.124. The lowest BCUT2D eigenvalue weighted by atomic mass is 9.88. The highest BCUT2D eigenvalue weighted by molar-refractivity contribution is 6.08. The Kier molecular flexibility index (Phi) is 6.59. The first-order chi connectivity index (χ1) is 16.4. The molecule has 0 aromatic heterocycles. The SMILES string of the molecule is CCNc1cc2oc3cc(NCC)c(C)c(=O)c-3c(-c3ccccc3C(=O)OCC)c2cc1C. The Bertz CT molecular complexity index is 1400. The second-order valence-corrected chi connectivity index (χ2v) is 8.22. The fourth-order valence-electron chi connectivity index (χ4n) is 4.39. The van der Waals surface area contributed by atoms with Crippen LogP contribution in [0.15, 0.2) is 51.7 Å². The fourth-order valence-corrected chi connectivity index (χ4v) is 4.39. The van der Waals surface area contributed by atoms with E-state index in [9.17, 15) is 9.59 Å². The number of carbonyl (C=O) groups is 1. The molecule has 1 aliphatic carbocycles. The van der Waals surface area contributed by atoms with Crippen LogP contribution in [0.3, 0.4) is 0 Å². The van der Waals surface area contributed by atoms with Crippen molar-refractivity contribution in [2.45, 2.75) is 34.6 Å². The van der Waals surface area contributed by atoms with Crippen molar-refractivity contribution in [2.75, 3.05) is 30.3 Å². The number of nitrogens with one attached hydrogen (secondary N) is 2. The number of esters is 1. The Labute approximate surface area is 199 Å². The van der Waals surface area contributed by atoms with Crippen LogP contribution >= 0.6 is 0 Å². The Balaban J connectivity index is 2.18. The number of carbonyl (C=O) groups excluding carboxylic acids is 1. The molecule has 2 aliphatic rings. The third kappa shape index (κ3) is 4.00. The molecule has 4 rings (SSSR count). The van der Waals surface area contributed by atoms with E-state index in [-0.39, 0.29) is 12.0 Å². The normalized spacial score (nSPS) is 11.1. The van der Waals surface area contributed by atoms with Gasteiger partial charge < -0.3 is 19.8 Å². The molecule has 1 aliphatic heterocycles. The number of aryl methyl sites for hydroxylation is 1. The number of benzene rings is 3. The second-order valence-electron chi connectivity index (χ2n) is 8.22. The highest BCUT2D eigenvalue weighted by atomic mass is 16.5. The Morgan fingerprint density at radius 3 is 2.35 bits per heavy atom. The summed E-state index contributed by atoms with van der Waals surface area (Å²) in [7, 11) is 0. The predicted molar refractivity (Wildman–Crippen MR) is 138 cm³/mol. The molecule has 2 N–H and O–H groups in total. The van der Waals surface area contributed by atoms with Crippen LogP contribution in [0, 0.1) is 13.8 Å². The maximum atomic E-state index is 13.7.